The van der Waals surface area contributed by atoms with Crippen molar-refractivity contribution >= 4 is 34.2 Å². The third-order valence-electron chi connectivity index (χ3n) is 5.03. The van der Waals surface area contributed by atoms with Gasteiger partial charge in [-0.15, -0.1) is 0 Å². The molecule has 4 rings (SSSR count). The molecule has 2 N–H and O–H groups in total. The Labute approximate surface area is 169 Å². The number of fused-ring (bicyclic) bond motifs is 3. The zero-order valence-corrected chi connectivity index (χ0v) is 16.1. The lowest BCUT2D eigenvalue weighted by Crippen LogP contribution is -2.48. The number of aromatic amines is 1. The molecular formula is C20H17ClF3N3O2. The SMILES string of the molecule is COc1cccc(Cl)c1NC(=O)N1CCc2c([nH]c3ccccc23)[C@@H]1C(F)(F)F. The first-order chi connectivity index (χ1) is 13.8. The number of H-pyrrole nitrogens is 1. The van der Waals surface area contributed by atoms with Crippen LogP contribution in [0.2, 0.25) is 5.02 Å². The lowest BCUT2D eigenvalue weighted by molar-refractivity contribution is -0.180. The van der Waals surface area contributed by atoms with Crippen molar-refractivity contribution in [3.05, 3.63) is 58.7 Å². The highest BCUT2D eigenvalue weighted by Gasteiger charge is 2.50. The molecule has 0 spiro atoms. The molecule has 0 aliphatic carbocycles. The highest BCUT2D eigenvalue weighted by Crippen LogP contribution is 2.44. The molecule has 0 fully saturated rings. The van der Waals surface area contributed by atoms with Crippen LogP contribution in [0.15, 0.2) is 42.5 Å². The molecule has 152 valence electrons. The molecule has 0 radical (unpaired) electrons. The van der Waals surface area contributed by atoms with Gasteiger partial charge in [0.05, 0.1) is 17.8 Å². The van der Waals surface area contributed by atoms with Gasteiger partial charge in [0.1, 0.15) is 11.4 Å². The van der Waals surface area contributed by atoms with Crippen molar-refractivity contribution in [2.45, 2.75) is 18.6 Å². The Hall–Kier alpha value is -2.87. The second-order valence-electron chi connectivity index (χ2n) is 6.70. The van der Waals surface area contributed by atoms with Crippen LogP contribution in [-0.4, -0.2) is 35.7 Å². The van der Waals surface area contributed by atoms with Crippen molar-refractivity contribution in [1.29, 1.82) is 0 Å². The number of hydrogen-bond acceptors (Lipinski definition) is 2. The smallest absolute Gasteiger partial charge is 0.414 e. The van der Waals surface area contributed by atoms with E-state index in [-0.39, 0.29) is 28.7 Å². The fourth-order valence-corrected chi connectivity index (χ4v) is 3.99. The maximum absolute atomic E-state index is 14.0. The summed E-state index contributed by atoms with van der Waals surface area (Å²) in [6.45, 7) is -0.0857. The third-order valence-corrected chi connectivity index (χ3v) is 5.35. The van der Waals surface area contributed by atoms with E-state index in [4.69, 9.17) is 16.3 Å². The van der Waals surface area contributed by atoms with Gasteiger partial charge >= 0.3 is 12.2 Å². The predicted octanol–water partition coefficient (Wildman–Crippen LogP) is 5.52. The largest absolute Gasteiger partial charge is 0.495 e. The van der Waals surface area contributed by atoms with Crippen LogP contribution in [0.1, 0.15) is 17.3 Å². The first-order valence-corrected chi connectivity index (χ1v) is 9.25. The summed E-state index contributed by atoms with van der Waals surface area (Å²) in [6, 6.07) is 8.75. The Morgan fingerprint density at radius 2 is 2.00 bits per heavy atom. The fraction of sp³-hybridized carbons (Fsp3) is 0.250. The number of para-hydroxylation sites is 2. The van der Waals surface area contributed by atoms with Crippen LogP contribution in [0, 0.1) is 0 Å². The molecule has 1 aliphatic rings. The van der Waals surface area contributed by atoms with Crippen LogP contribution in [0.5, 0.6) is 5.75 Å². The molecule has 1 aliphatic heterocycles. The minimum atomic E-state index is -4.65. The van der Waals surface area contributed by atoms with Crippen molar-refractivity contribution in [3.8, 4) is 5.75 Å². The average Bonchev–Trinajstić information content (AvgIpc) is 3.06. The van der Waals surface area contributed by atoms with Gasteiger partial charge in [-0.25, -0.2) is 4.79 Å². The molecule has 29 heavy (non-hydrogen) atoms. The van der Waals surface area contributed by atoms with E-state index in [1.54, 1.807) is 36.4 Å². The Bertz CT molecular complexity index is 1080. The molecule has 0 saturated heterocycles. The van der Waals surface area contributed by atoms with Crippen LogP contribution in [0.25, 0.3) is 10.9 Å². The van der Waals surface area contributed by atoms with Crippen LogP contribution >= 0.6 is 11.6 Å². The number of anilines is 1. The van der Waals surface area contributed by atoms with Crippen LogP contribution < -0.4 is 10.1 Å². The monoisotopic (exact) mass is 423 g/mol. The lowest BCUT2D eigenvalue weighted by Gasteiger charge is -2.36. The zero-order chi connectivity index (χ0) is 20.8. The van der Waals surface area contributed by atoms with Crippen LogP contribution in [-0.2, 0) is 6.42 Å². The van der Waals surface area contributed by atoms with Gasteiger partial charge in [0.15, 0.2) is 6.04 Å². The molecule has 3 aromatic rings. The number of benzene rings is 2. The molecule has 2 amide bonds. The maximum Gasteiger partial charge on any atom is 0.414 e. The summed E-state index contributed by atoms with van der Waals surface area (Å²) in [6.07, 6.45) is -4.35. The summed E-state index contributed by atoms with van der Waals surface area (Å²) in [4.78, 5) is 16.5. The number of urea groups is 1. The summed E-state index contributed by atoms with van der Waals surface area (Å²) < 4.78 is 47.2. The molecule has 2 heterocycles. The number of ether oxygens (including phenoxy) is 1. The Kier molecular flexibility index (Phi) is 4.82. The molecule has 0 bridgehead atoms. The quantitative estimate of drug-likeness (QED) is 0.570. The van der Waals surface area contributed by atoms with Gasteiger partial charge in [-0.3, -0.25) is 0 Å². The molecule has 0 unspecified atom stereocenters. The minimum absolute atomic E-state index is 0.00813. The van der Waals surface area contributed by atoms with E-state index in [0.717, 1.165) is 10.3 Å². The highest BCUT2D eigenvalue weighted by atomic mass is 35.5. The number of amides is 2. The lowest BCUT2D eigenvalue weighted by atomic mass is 9.97. The minimum Gasteiger partial charge on any atom is -0.495 e. The van der Waals surface area contributed by atoms with E-state index in [2.05, 4.69) is 10.3 Å². The molecular weight excluding hydrogens is 407 g/mol. The van der Waals surface area contributed by atoms with E-state index in [9.17, 15) is 18.0 Å². The number of nitrogens with zero attached hydrogens (tertiary/aromatic N) is 1. The number of rotatable bonds is 2. The molecule has 9 heteroatoms. The third kappa shape index (κ3) is 3.37. The van der Waals surface area contributed by atoms with Crippen molar-refractivity contribution in [2.24, 2.45) is 0 Å². The number of halogens is 4. The van der Waals surface area contributed by atoms with E-state index in [1.807, 2.05) is 0 Å². The van der Waals surface area contributed by atoms with Crippen LogP contribution in [0.3, 0.4) is 0 Å². The Balaban J connectivity index is 1.73. The topological polar surface area (TPSA) is 57.4 Å². The van der Waals surface area contributed by atoms with E-state index < -0.39 is 18.2 Å². The van der Waals surface area contributed by atoms with Gasteiger partial charge in [0, 0.05) is 17.4 Å². The summed E-state index contributed by atoms with van der Waals surface area (Å²) in [5, 5.41) is 3.39. The van der Waals surface area contributed by atoms with E-state index in [1.165, 1.54) is 13.2 Å². The first kappa shape index (κ1) is 19.4. The average molecular weight is 424 g/mol. The number of carbonyl (C=O) groups is 1. The molecule has 2 aromatic carbocycles. The van der Waals surface area contributed by atoms with Gasteiger partial charge in [0.25, 0.3) is 0 Å². The second kappa shape index (κ2) is 7.18. The number of hydrogen-bond donors (Lipinski definition) is 2. The van der Waals surface area contributed by atoms with E-state index in [0.29, 0.717) is 17.5 Å². The molecule has 0 saturated carbocycles. The van der Waals surface area contributed by atoms with Gasteiger partial charge in [-0.05, 0) is 30.2 Å². The second-order valence-corrected chi connectivity index (χ2v) is 7.10. The Morgan fingerprint density at radius 3 is 2.72 bits per heavy atom. The zero-order valence-electron chi connectivity index (χ0n) is 15.3. The van der Waals surface area contributed by atoms with Crippen molar-refractivity contribution in [2.75, 3.05) is 19.0 Å². The molecule has 1 atom stereocenters. The number of methoxy groups -OCH3 is 1. The molecule has 1 aromatic heterocycles. The highest BCUT2D eigenvalue weighted by molar-refractivity contribution is 6.34. The summed E-state index contributed by atoms with van der Waals surface area (Å²) in [5.41, 5.74) is 1.32. The normalized spacial score (nSPS) is 16.6. The number of nitrogens with one attached hydrogen (secondary N) is 2. The fourth-order valence-electron chi connectivity index (χ4n) is 3.77. The van der Waals surface area contributed by atoms with Crippen molar-refractivity contribution in [1.82, 2.24) is 9.88 Å². The number of carbonyl (C=O) groups excluding carboxylic acids is 1. The van der Waals surface area contributed by atoms with Crippen molar-refractivity contribution < 1.29 is 22.7 Å². The van der Waals surface area contributed by atoms with Crippen LogP contribution in [0.4, 0.5) is 23.7 Å². The summed E-state index contributed by atoms with van der Waals surface area (Å²) in [7, 11) is 1.39. The van der Waals surface area contributed by atoms with Gasteiger partial charge in [-0.2, -0.15) is 13.2 Å². The van der Waals surface area contributed by atoms with Gasteiger partial charge in [0.2, 0.25) is 0 Å². The Morgan fingerprint density at radius 1 is 1.24 bits per heavy atom. The van der Waals surface area contributed by atoms with E-state index >= 15 is 0 Å². The summed E-state index contributed by atoms with van der Waals surface area (Å²) >= 11 is 6.11. The predicted molar refractivity (Wildman–Crippen MR) is 105 cm³/mol. The van der Waals surface area contributed by atoms with Gasteiger partial charge < -0.3 is 19.9 Å². The maximum atomic E-state index is 14.0. The number of aromatic nitrogens is 1. The summed E-state index contributed by atoms with van der Waals surface area (Å²) in [5.74, 6) is 0.262. The number of alkyl halides is 3. The molecule has 5 nitrogen and oxygen atoms in total. The van der Waals surface area contributed by atoms with Crippen molar-refractivity contribution in [3.63, 3.8) is 0 Å². The standard InChI is InChI=1S/C20H17ClF3N3O2/c1-29-15-8-4-6-13(21)17(15)26-19(28)27-10-9-12-11-5-2-3-7-14(11)25-16(12)18(27)20(22,23)24/h2-8,18,25H,9-10H2,1H3,(H,26,28)/t18-/m1/s1. The van der Waals surface area contributed by atoms with Gasteiger partial charge in [-0.1, -0.05) is 35.9 Å². The first-order valence-electron chi connectivity index (χ1n) is 8.87.